The van der Waals surface area contributed by atoms with Crippen LogP contribution in [0.1, 0.15) is 26.7 Å². The lowest BCUT2D eigenvalue weighted by Gasteiger charge is -2.14. The highest BCUT2D eigenvalue weighted by atomic mass is 32.2. The summed E-state index contributed by atoms with van der Waals surface area (Å²) in [6.45, 7) is 4.29. The van der Waals surface area contributed by atoms with Gasteiger partial charge >= 0.3 is 0 Å². The zero-order valence-electron chi connectivity index (χ0n) is 10.6. The quantitative estimate of drug-likeness (QED) is 0.780. The van der Waals surface area contributed by atoms with Gasteiger partial charge in [-0.3, -0.25) is 0 Å². The predicted octanol–water partition coefficient (Wildman–Crippen LogP) is 2.12. The van der Waals surface area contributed by atoms with Crippen molar-refractivity contribution in [1.29, 1.82) is 0 Å². The number of nitrogens with one attached hydrogen (secondary N) is 1. The van der Waals surface area contributed by atoms with Gasteiger partial charge in [-0.25, -0.2) is 17.5 Å². The van der Waals surface area contributed by atoms with E-state index in [1.54, 1.807) is 0 Å². The molecule has 0 amide bonds. The maximum atomic E-state index is 13.5. The summed E-state index contributed by atoms with van der Waals surface area (Å²) in [6.07, 6.45) is 1.75. The van der Waals surface area contributed by atoms with Crippen LogP contribution in [0.25, 0.3) is 0 Å². The van der Waals surface area contributed by atoms with Crippen LogP contribution in [-0.4, -0.2) is 15.0 Å². The minimum Gasteiger partial charge on any atom is -0.399 e. The highest BCUT2D eigenvalue weighted by Gasteiger charge is 2.20. The molecule has 0 saturated carbocycles. The Morgan fingerprint density at radius 3 is 2.50 bits per heavy atom. The first kappa shape index (κ1) is 14.9. The predicted molar refractivity (Wildman–Crippen MR) is 70.1 cm³/mol. The van der Waals surface area contributed by atoms with E-state index in [0.29, 0.717) is 6.54 Å². The average Bonchev–Trinajstić information content (AvgIpc) is 2.33. The van der Waals surface area contributed by atoms with Crippen molar-refractivity contribution >= 4 is 15.7 Å². The van der Waals surface area contributed by atoms with E-state index in [4.69, 9.17) is 5.73 Å². The van der Waals surface area contributed by atoms with Crippen molar-refractivity contribution in [3.8, 4) is 0 Å². The van der Waals surface area contributed by atoms with Gasteiger partial charge in [0.2, 0.25) is 10.0 Å². The molecule has 0 radical (unpaired) electrons. The zero-order chi connectivity index (χ0) is 13.8. The van der Waals surface area contributed by atoms with Crippen LogP contribution in [0.4, 0.5) is 10.1 Å². The molecular weight excluding hydrogens is 255 g/mol. The summed E-state index contributed by atoms with van der Waals surface area (Å²) >= 11 is 0. The summed E-state index contributed by atoms with van der Waals surface area (Å²) in [6, 6.07) is 3.51. The Bertz CT molecular complexity index is 499. The summed E-state index contributed by atoms with van der Waals surface area (Å²) in [5.41, 5.74) is 5.70. The van der Waals surface area contributed by atoms with E-state index in [2.05, 4.69) is 4.72 Å². The van der Waals surface area contributed by atoms with E-state index in [-0.39, 0.29) is 11.6 Å². The summed E-state index contributed by atoms with van der Waals surface area (Å²) < 4.78 is 39.8. The molecule has 0 aliphatic heterocycles. The molecule has 0 atom stereocenters. The Kier molecular flexibility index (Phi) is 5.10. The number of benzene rings is 1. The van der Waals surface area contributed by atoms with Crippen molar-refractivity contribution in [3.05, 3.63) is 24.0 Å². The van der Waals surface area contributed by atoms with Crippen molar-refractivity contribution in [1.82, 2.24) is 4.72 Å². The Morgan fingerprint density at radius 2 is 1.94 bits per heavy atom. The topological polar surface area (TPSA) is 72.2 Å². The fourth-order valence-electron chi connectivity index (χ4n) is 1.61. The third-order valence-corrected chi connectivity index (χ3v) is 4.40. The molecule has 0 unspecified atom stereocenters. The molecule has 18 heavy (non-hydrogen) atoms. The van der Waals surface area contributed by atoms with Gasteiger partial charge in [0.25, 0.3) is 0 Å². The molecule has 1 aromatic rings. The summed E-state index contributed by atoms with van der Waals surface area (Å²) in [4.78, 5) is -0.395. The molecule has 0 heterocycles. The van der Waals surface area contributed by atoms with Crippen LogP contribution < -0.4 is 10.5 Å². The maximum absolute atomic E-state index is 13.5. The normalized spacial score (nSPS) is 12.0. The van der Waals surface area contributed by atoms with E-state index in [1.807, 2.05) is 13.8 Å². The Labute approximate surface area is 107 Å². The minimum atomic E-state index is -3.83. The minimum absolute atomic E-state index is 0.222. The number of nitrogen functional groups attached to an aromatic ring is 1. The molecule has 0 aliphatic rings. The van der Waals surface area contributed by atoms with Crippen LogP contribution in [0.2, 0.25) is 0 Å². The number of hydrogen-bond acceptors (Lipinski definition) is 3. The van der Waals surface area contributed by atoms with E-state index in [0.717, 1.165) is 25.0 Å². The molecule has 6 heteroatoms. The molecule has 4 nitrogen and oxygen atoms in total. The van der Waals surface area contributed by atoms with Crippen LogP contribution in [0.15, 0.2) is 23.1 Å². The largest absolute Gasteiger partial charge is 0.399 e. The molecule has 0 saturated heterocycles. The van der Waals surface area contributed by atoms with E-state index >= 15 is 0 Å². The number of anilines is 1. The summed E-state index contributed by atoms with van der Waals surface area (Å²) in [5.74, 6) is -0.537. The van der Waals surface area contributed by atoms with Crippen molar-refractivity contribution < 1.29 is 12.8 Å². The van der Waals surface area contributed by atoms with Crippen LogP contribution >= 0.6 is 0 Å². The number of rotatable bonds is 6. The number of sulfonamides is 1. The second-order valence-corrected chi connectivity index (χ2v) is 5.96. The lowest BCUT2D eigenvalue weighted by molar-refractivity contribution is 0.477. The molecule has 0 fully saturated rings. The molecule has 1 rings (SSSR count). The molecule has 3 N–H and O–H groups in total. The lowest BCUT2D eigenvalue weighted by atomic mass is 10.0. The highest BCUT2D eigenvalue weighted by Crippen LogP contribution is 2.18. The van der Waals surface area contributed by atoms with Crippen LogP contribution in [0.3, 0.4) is 0 Å². The van der Waals surface area contributed by atoms with Crippen molar-refractivity contribution in [2.24, 2.45) is 5.92 Å². The SMILES string of the molecule is CCC(CC)CNS(=O)(=O)c1cc(N)ccc1F. The maximum Gasteiger partial charge on any atom is 0.243 e. The Hall–Kier alpha value is -1.14. The molecule has 0 aliphatic carbocycles. The molecule has 0 spiro atoms. The molecule has 0 aromatic heterocycles. The van der Waals surface area contributed by atoms with E-state index in [9.17, 15) is 12.8 Å². The van der Waals surface area contributed by atoms with Crippen molar-refractivity contribution in [2.45, 2.75) is 31.6 Å². The first-order valence-electron chi connectivity index (χ1n) is 5.95. The van der Waals surface area contributed by atoms with Crippen molar-refractivity contribution in [2.75, 3.05) is 12.3 Å². The van der Waals surface area contributed by atoms with Gasteiger partial charge in [0.1, 0.15) is 10.7 Å². The average molecular weight is 274 g/mol. The molecule has 1 aromatic carbocycles. The summed E-state index contributed by atoms with van der Waals surface area (Å²) in [7, 11) is -3.83. The number of hydrogen-bond donors (Lipinski definition) is 2. The zero-order valence-corrected chi connectivity index (χ0v) is 11.4. The fourth-order valence-corrected chi connectivity index (χ4v) is 2.84. The Morgan fingerprint density at radius 1 is 1.33 bits per heavy atom. The Balaban J connectivity index is 2.89. The van der Waals surface area contributed by atoms with Gasteiger partial charge in [0.15, 0.2) is 0 Å². The first-order chi connectivity index (χ1) is 8.40. The number of halogens is 1. The molecular formula is C12H19FN2O2S. The van der Waals surface area contributed by atoms with E-state index < -0.39 is 20.7 Å². The lowest BCUT2D eigenvalue weighted by Crippen LogP contribution is -2.29. The number of nitrogens with two attached hydrogens (primary N) is 1. The van der Waals surface area contributed by atoms with Crippen LogP contribution in [0, 0.1) is 11.7 Å². The first-order valence-corrected chi connectivity index (χ1v) is 7.43. The monoisotopic (exact) mass is 274 g/mol. The van der Waals surface area contributed by atoms with Crippen LogP contribution in [0.5, 0.6) is 0 Å². The third kappa shape index (κ3) is 3.68. The standard InChI is InChI=1S/C12H19FN2O2S/c1-3-9(4-2)8-15-18(16,17)12-7-10(14)5-6-11(12)13/h5-7,9,15H,3-4,8,14H2,1-2H3. The third-order valence-electron chi connectivity index (χ3n) is 2.96. The fraction of sp³-hybridized carbons (Fsp3) is 0.500. The van der Waals surface area contributed by atoms with Gasteiger partial charge in [-0.2, -0.15) is 0 Å². The van der Waals surface area contributed by atoms with Gasteiger partial charge in [-0.1, -0.05) is 26.7 Å². The van der Waals surface area contributed by atoms with E-state index in [1.165, 1.54) is 6.07 Å². The van der Waals surface area contributed by atoms with Gasteiger partial charge in [-0.15, -0.1) is 0 Å². The smallest absolute Gasteiger partial charge is 0.243 e. The highest BCUT2D eigenvalue weighted by molar-refractivity contribution is 7.89. The second-order valence-electron chi connectivity index (χ2n) is 4.22. The molecule has 0 bridgehead atoms. The van der Waals surface area contributed by atoms with Gasteiger partial charge < -0.3 is 5.73 Å². The van der Waals surface area contributed by atoms with Crippen LogP contribution in [-0.2, 0) is 10.0 Å². The molecule has 102 valence electrons. The van der Waals surface area contributed by atoms with Gasteiger partial charge in [0.05, 0.1) is 0 Å². The van der Waals surface area contributed by atoms with Gasteiger partial charge in [0, 0.05) is 12.2 Å². The van der Waals surface area contributed by atoms with Crippen molar-refractivity contribution in [3.63, 3.8) is 0 Å². The summed E-state index contributed by atoms with van der Waals surface area (Å²) in [5, 5.41) is 0. The van der Waals surface area contributed by atoms with Gasteiger partial charge in [-0.05, 0) is 24.1 Å². The second kappa shape index (κ2) is 6.15.